The standard InChI is InChI=1S/C12H15N3O5S/c13-21(19,20)6-4-14-12(18)15-5-3-8-1-2-9(11(16)17)7-10(8)15/h1-2,7H,3-6H2,(H,14,18)(H,16,17)(H2,13,19,20). The number of carbonyl (C=O) groups excluding carboxylic acids is 1. The Bertz CT molecular complexity index is 686. The van der Waals surface area contributed by atoms with E-state index in [4.69, 9.17) is 10.2 Å². The van der Waals surface area contributed by atoms with Crippen molar-refractivity contribution >= 4 is 27.7 Å². The van der Waals surface area contributed by atoms with Crippen LogP contribution in [0.25, 0.3) is 0 Å². The van der Waals surface area contributed by atoms with Gasteiger partial charge in [0, 0.05) is 18.8 Å². The molecule has 0 bridgehead atoms. The van der Waals surface area contributed by atoms with Crippen molar-refractivity contribution in [1.82, 2.24) is 5.32 Å². The Labute approximate surface area is 121 Å². The van der Waals surface area contributed by atoms with Crippen molar-refractivity contribution in [1.29, 1.82) is 0 Å². The van der Waals surface area contributed by atoms with Crippen molar-refractivity contribution in [2.24, 2.45) is 5.14 Å². The number of carbonyl (C=O) groups is 2. The first-order valence-electron chi connectivity index (χ1n) is 6.20. The Kier molecular flexibility index (Phi) is 4.14. The number of sulfonamides is 1. The summed E-state index contributed by atoms with van der Waals surface area (Å²) < 4.78 is 21.6. The Morgan fingerprint density at radius 2 is 2.10 bits per heavy atom. The molecule has 0 spiro atoms. The fourth-order valence-electron chi connectivity index (χ4n) is 2.12. The fraction of sp³-hybridized carbons (Fsp3) is 0.333. The summed E-state index contributed by atoms with van der Waals surface area (Å²) in [5, 5.41) is 16.3. The third-order valence-electron chi connectivity index (χ3n) is 3.14. The second kappa shape index (κ2) is 5.70. The highest BCUT2D eigenvalue weighted by Gasteiger charge is 2.25. The van der Waals surface area contributed by atoms with Gasteiger partial charge in [0.1, 0.15) is 0 Å². The van der Waals surface area contributed by atoms with Gasteiger partial charge in [0.2, 0.25) is 10.0 Å². The number of nitrogens with one attached hydrogen (secondary N) is 1. The molecule has 8 nitrogen and oxygen atoms in total. The number of amides is 2. The third-order valence-corrected chi connectivity index (χ3v) is 3.91. The van der Waals surface area contributed by atoms with Crippen LogP contribution in [0.3, 0.4) is 0 Å². The number of nitrogens with two attached hydrogens (primary N) is 1. The molecule has 0 atom stereocenters. The number of rotatable bonds is 4. The lowest BCUT2D eigenvalue weighted by Crippen LogP contribution is -2.41. The molecule has 0 fully saturated rings. The molecule has 21 heavy (non-hydrogen) atoms. The number of nitrogens with zero attached hydrogens (tertiary/aromatic N) is 1. The largest absolute Gasteiger partial charge is 0.478 e. The molecule has 2 amide bonds. The smallest absolute Gasteiger partial charge is 0.335 e. The van der Waals surface area contributed by atoms with Gasteiger partial charge in [-0.2, -0.15) is 0 Å². The summed E-state index contributed by atoms with van der Waals surface area (Å²) in [5.74, 6) is -1.42. The van der Waals surface area contributed by atoms with Gasteiger partial charge in [-0.05, 0) is 24.1 Å². The van der Waals surface area contributed by atoms with Crippen LogP contribution in [0, 0.1) is 0 Å². The van der Waals surface area contributed by atoms with E-state index in [1.165, 1.54) is 17.0 Å². The number of hydrogen-bond acceptors (Lipinski definition) is 4. The number of carboxylic acid groups (broad SMARTS) is 1. The zero-order chi connectivity index (χ0) is 15.6. The van der Waals surface area contributed by atoms with Gasteiger partial charge in [-0.15, -0.1) is 0 Å². The van der Waals surface area contributed by atoms with E-state index >= 15 is 0 Å². The summed E-state index contributed by atoms with van der Waals surface area (Å²) in [6.45, 7) is 0.321. The molecule has 0 radical (unpaired) electrons. The lowest BCUT2D eigenvalue weighted by atomic mass is 10.1. The molecular formula is C12H15N3O5S. The molecule has 0 aliphatic carbocycles. The van der Waals surface area contributed by atoms with E-state index in [0.717, 1.165) is 5.56 Å². The minimum atomic E-state index is -3.63. The minimum absolute atomic E-state index is 0.0951. The van der Waals surface area contributed by atoms with Crippen molar-refractivity contribution in [3.05, 3.63) is 29.3 Å². The highest BCUT2D eigenvalue weighted by Crippen LogP contribution is 2.29. The first kappa shape index (κ1) is 15.3. The highest BCUT2D eigenvalue weighted by molar-refractivity contribution is 7.89. The van der Waals surface area contributed by atoms with E-state index < -0.39 is 22.0 Å². The molecule has 1 aromatic rings. The Balaban J connectivity index is 2.09. The zero-order valence-corrected chi connectivity index (χ0v) is 11.9. The Hall–Kier alpha value is -2.13. The molecule has 114 valence electrons. The SMILES string of the molecule is NS(=O)(=O)CCNC(=O)N1CCc2ccc(C(=O)O)cc21. The van der Waals surface area contributed by atoms with E-state index in [-0.39, 0.29) is 17.9 Å². The normalized spacial score (nSPS) is 13.9. The number of carboxylic acids is 1. The molecule has 1 heterocycles. The summed E-state index contributed by atoms with van der Waals surface area (Å²) in [6.07, 6.45) is 0.623. The van der Waals surface area contributed by atoms with Gasteiger partial charge < -0.3 is 10.4 Å². The van der Waals surface area contributed by atoms with E-state index in [1.807, 2.05) is 0 Å². The number of fused-ring (bicyclic) bond motifs is 1. The lowest BCUT2D eigenvalue weighted by molar-refractivity contribution is 0.0697. The number of aromatic carboxylic acids is 1. The first-order valence-corrected chi connectivity index (χ1v) is 7.91. The molecule has 0 saturated carbocycles. The van der Waals surface area contributed by atoms with Crippen LogP contribution in [0.1, 0.15) is 15.9 Å². The maximum Gasteiger partial charge on any atom is 0.335 e. The Morgan fingerprint density at radius 1 is 1.38 bits per heavy atom. The van der Waals surface area contributed by atoms with Crippen molar-refractivity contribution < 1.29 is 23.1 Å². The number of hydrogen-bond donors (Lipinski definition) is 3. The average molecular weight is 313 g/mol. The average Bonchev–Trinajstić information content (AvgIpc) is 2.79. The maximum absolute atomic E-state index is 12.0. The predicted octanol–water partition coefficient (Wildman–Crippen LogP) is -0.255. The summed E-state index contributed by atoms with van der Waals surface area (Å²) in [4.78, 5) is 24.4. The van der Waals surface area contributed by atoms with Gasteiger partial charge in [0.15, 0.2) is 0 Å². The molecule has 1 aromatic carbocycles. The van der Waals surface area contributed by atoms with Crippen molar-refractivity contribution in [3.63, 3.8) is 0 Å². The molecule has 0 saturated heterocycles. The van der Waals surface area contributed by atoms with Gasteiger partial charge >= 0.3 is 12.0 Å². The predicted molar refractivity (Wildman–Crippen MR) is 75.8 cm³/mol. The number of benzene rings is 1. The van der Waals surface area contributed by atoms with Crippen molar-refractivity contribution in [2.45, 2.75) is 6.42 Å². The first-order chi connectivity index (χ1) is 9.78. The molecule has 2 rings (SSSR count). The second-order valence-electron chi connectivity index (χ2n) is 4.65. The van der Waals surface area contributed by atoms with E-state index in [1.54, 1.807) is 6.07 Å². The van der Waals surface area contributed by atoms with E-state index in [9.17, 15) is 18.0 Å². The summed E-state index contributed by atoms with van der Waals surface area (Å²) >= 11 is 0. The van der Waals surface area contributed by atoms with Gasteiger partial charge in [-0.3, -0.25) is 4.90 Å². The van der Waals surface area contributed by atoms with Crippen LogP contribution in [0.5, 0.6) is 0 Å². The molecule has 0 aromatic heterocycles. The monoisotopic (exact) mass is 313 g/mol. The molecular weight excluding hydrogens is 298 g/mol. The van der Waals surface area contributed by atoms with Gasteiger partial charge in [0.25, 0.3) is 0 Å². The summed E-state index contributed by atoms with van der Waals surface area (Å²) in [6, 6.07) is 4.13. The molecule has 4 N–H and O–H groups in total. The number of urea groups is 1. The minimum Gasteiger partial charge on any atom is -0.478 e. The van der Waals surface area contributed by atoms with Crippen LogP contribution in [0.4, 0.5) is 10.5 Å². The number of primary sulfonamides is 1. The quantitative estimate of drug-likeness (QED) is 0.705. The van der Waals surface area contributed by atoms with Crippen LogP contribution in [0.2, 0.25) is 0 Å². The van der Waals surface area contributed by atoms with Gasteiger partial charge in [-0.1, -0.05) is 6.07 Å². The number of anilines is 1. The van der Waals surface area contributed by atoms with Gasteiger partial charge in [0.05, 0.1) is 11.3 Å². The van der Waals surface area contributed by atoms with Crippen molar-refractivity contribution in [2.75, 3.05) is 23.7 Å². The topological polar surface area (TPSA) is 130 Å². The van der Waals surface area contributed by atoms with Crippen LogP contribution in [-0.4, -0.2) is 44.4 Å². The van der Waals surface area contributed by atoms with Crippen LogP contribution < -0.4 is 15.4 Å². The fourth-order valence-corrected chi connectivity index (χ4v) is 2.51. The van der Waals surface area contributed by atoms with Gasteiger partial charge in [-0.25, -0.2) is 23.1 Å². The van der Waals surface area contributed by atoms with E-state index in [0.29, 0.717) is 18.7 Å². The lowest BCUT2D eigenvalue weighted by Gasteiger charge is -2.18. The third kappa shape index (κ3) is 3.70. The summed E-state index contributed by atoms with van der Waals surface area (Å²) in [7, 11) is -3.63. The maximum atomic E-state index is 12.0. The van der Waals surface area contributed by atoms with Crippen LogP contribution in [0.15, 0.2) is 18.2 Å². The zero-order valence-electron chi connectivity index (χ0n) is 11.1. The van der Waals surface area contributed by atoms with Crippen LogP contribution >= 0.6 is 0 Å². The molecule has 9 heteroatoms. The molecule has 1 aliphatic heterocycles. The molecule has 0 unspecified atom stereocenters. The van der Waals surface area contributed by atoms with Crippen molar-refractivity contribution in [3.8, 4) is 0 Å². The Morgan fingerprint density at radius 3 is 2.71 bits per heavy atom. The molecule has 1 aliphatic rings. The summed E-state index contributed by atoms with van der Waals surface area (Å²) in [5.41, 5.74) is 1.50. The second-order valence-corrected chi connectivity index (χ2v) is 6.38. The highest BCUT2D eigenvalue weighted by atomic mass is 32.2. The van der Waals surface area contributed by atoms with Crippen LogP contribution in [-0.2, 0) is 16.4 Å². The van der Waals surface area contributed by atoms with E-state index in [2.05, 4.69) is 5.32 Å².